The van der Waals surface area contributed by atoms with Crippen LogP contribution in [0.4, 0.5) is 0 Å². The third-order valence-corrected chi connectivity index (χ3v) is 4.86. The van der Waals surface area contributed by atoms with Crippen LogP contribution in [-0.2, 0) is 13.9 Å². The molecule has 6 nitrogen and oxygen atoms in total. The minimum absolute atomic E-state index is 0.241. The van der Waals surface area contributed by atoms with Gasteiger partial charge in [0, 0.05) is 13.1 Å². The van der Waals surface area contributed by atoms with Crippen LogP contribution in [0.3, 0.4) is 0 Å². The van der Waals surface area contributed by atoms with Crippen molar-refractivity contribution in [3.8, 4) is 0 Å². The Balaban J connectivity index is 3.46. The lowest BCUT2D eigenvalue weighted by Gasteiger charge is -2.17. The molecular weight excluding hydrogens is 343 g/mol. The van der Waals surface area contributed by atoms with E-state index in [1.54, 1.807) is 6.92 Å². The molecule has 3 N–H and O–H groups in total. The number of rotatable bonds is 17. The number of hydrogen-bond donors (Lipinski definition) is 3. The zero-order chi connectivity index (χ0) is 19.1. The Kier molecular flexibility index (Phi) is 14.7. The van der Waals surface area contributed by atoms with Crippen LogP contribution in [0.15, 0.2) is 0 Å². The Bertz CT molecular complexity index is 382. The molecule has 0 saturated carbocycles. The third kappa shape index (κ3) is 18.3. The van der Waals surface area contributed by atoms with E-state index >= 15 is 0 Å². The molecule has 25 heavy (non-hydrogen) atoms. The first kappa shape index (κ1) is 24.7. The van der Waals surface area contributed by atoms with Crippen molar-refractivity contribution in [2.75, 3.05) is 13.3 Å². The first-order chi connectivity index (χ1) is 11.7. The molecule has 0 bridgehead atoms. The van der Waals surface area contributed by atoms with E-state index in [2.05, 4.69) is 0 Å². The number of ketones is 1. The number of carbonyl (C=O) groups is 1. The normalized spacial score (nSPS) is 16.4. The van der Waals surface area contributed by atoms with Gasteiger partial charge < -0.3 is 24.4 Å². The summed E-state index contributed by atoms with van der Waals surface area (Å²) < 4.78 is 15.7. The highest BCUT2D eigenvalue weighted by Gasteiger charge is 2.15. The summed E-state index contributed by atoms with van der Waals surface area (Å²) in [6, 6.07) is 0. The highest BCUT2D eigenvalue weighted by Crippen LogP contribution is 2.36. The van der Waals surface area contributed by atoms with Crippen molar-refractivity contribution in [1.82, 2.24) is 0 Å². The van der Waals surface area contributed by atoms with Gasteiger partial charge in [0.1, 0.15) is 5.78 Å². The number of aliphatic hydroxyl groups is 2. The predicted octanol–water partition coefficient (Wildman–Crippen LogP) is 3.81. The summed E-state index contributed by atoms with van der Waals surface area (Å²) in [5, 5.41) is 19.9. The molecule has 0 heterocycles. The smallest absolute Gasteiger partial charge is 0.325 e. The van der Waals surface area contributed by atoms with Crippen LogP contribution in [0.1, 0.15) is 84.0 Å². The molecule has 0 saturated heterocycles. The van der Waals surface area contributed by atoms with E-state index in [0.29, 0.717) is 19.3 Å². The number of aliphatic hydroxyl groups excluding tert-OH is 2. The van der Waals surface area contributed by atoms with Gasteiger partial charge in [-0.05, 0) is 32.6 Å². The van der Waals surface area contributed by atoms with Gasteiger partial charge in [0.15, 0.2) is 0 Å². The first-order valence-electron chi connectivity index (χ1n) is 9.52. The van der Waals surface area contributed by atoms with E-state index < -0.39 is 19.8 Å². The van der Waals surface area contributed by atoms with E-state index in [0.717, 1.165) is 57.8 Å². The van der Waals surface area contributed by atoms with Crippen LogP contribution in [0.2, 0.25) is 0 Å². The van der Waals surface area contributed by atoms with Gasteiger partial charge in [-0.15, -0.1) is 0 Å². The van der Waals surface area contributed by atoms with Gasteiger partial charge in [-0.25, -0.2) is 0 Å². The Morgan fingerprint density at radius 1 is 0.880 bits per heavy atom. The fourth-order valence-electron chi connectivity index (χ4n) is 2.69. The van der Waals surface area contributed by atoms with Crippen molar-refractivity contribution < 1.29 is 29.0 Å². The average molecular weight is 380 g/mol. The molecule has 0 aromatic rings. The summed E-state index contributed by atoms with van der Waals surface area (Å²) in [7, 11) is -3.36. The molecule has 150 valence electrons. The van der Waals surface area contributed by atoms with Crippen molar-refractivity contribution in [3.63, 3.8) is 0 Å². The Labute approximate surface area is 152 Å². The van der Waals surface area contributed by atoms with Gasteiger partial charge in [-0.3, -0.25) is 4.57 Å². The van der Waals surface area contributed by atoms with Crippen LogP contribution >= 0.6 is 7.60 Å². The maximum Gasteiger partial charge on any atom is 0.325 e. The van der Waals surface area contributed by atoms with Gasteiger partial charge >= 0.3 is 7.60 Å². The summed E-state index contributed by atoms with van der Waals surface area (Å²) in [5.41, 5.74) is 0. The topological polar surface area (TPSA) is 104 Å². The number of Topliss-reactive ketones (excluding diaryl/α,β-unsaturated/α-hetero) is 1. The fraction of sp³-hybridized carbons (Fsp3) is 0.944. The number of unbranched alkanes of at least 4 members (excludes halogenated alkanes) is 7. The van der Waals surface area contributed by atoms with Gasteiger partial charge in [0.25, 0.3) is 0 Å². The molecule has 0 aromatic carbocycles. The maximum atomic E-state index is 10.9. The van der Waals surface area contributed by atoms with Crippen molar-refractivity contribution in [3.05, 3.63) is 0 Å². The molecule has 7 heteroatoms. The molecule has 0 radical (unpaired) electrons. The average Bonchev–Trinajstić information content (AvgIpc) is 2.51. The van der Waals surface area contributed by atoms with Crippen LogP contribution in [0.25, 0.3) is 0 Å². The lowest BCUT2D eigenvalue weighted by atomic mass is 10.00. The van der Waals surface area contributed by atoms with Gasteiger partial charge in [-0.2, -0.15) is 0 Å². The highest BCUT2D eigenvalue weighted by molar-refractivity contribution is 7.51. The fourth-order valence-corrected chi connectivity index (χ4v) is 3.15. The van der Waals surface area contributed by atoms with E-state index in [1.807, 2.05) is 0 Å². The molecule has 0 amide bonds. The lowest BCUT2D eigenvalue weighted by molar-refractivity contribution is -0.117. The van der Waals surface area contributed by atoms with Crippen LogP contribution in [-0.4, -0.2) is 46.4 Å². The van der Waals surface area contributed by atoms with E-state index in [-0.39, 0.29) is 12.4 Å². The SMILES string of the molecule is CC(=O)CCCCCCCC(O)C(O)CCCCCCOP(C)(=O)O. The maximum absolute atomic E-state index is 10.9. The van der Waals surface area contributed by atoms with E-state index in [9.17, 15) is 19.6 Å². The zero-order valence-corrected chi connectivity index (χ0v) is 16.8. The highest BCUT2D eigenvalue weighted by atomic mass is 31.2. The molecular formula is C18H37O6P. The Morgan fingerprint density at radius 3 is 1.80 bits per heavy atom. The monoisotopic (exact) mass is 380 g/mol. The van der Waals surface area contributed by atoms with Crippen molar-refractivity contribution in [1.29, 1.82) is 0 Å². The molecule has 0 rings (SSSR count). The number of hydrogen-bond acceptors (Lipinski definition) is 5. The van der Waals surface area contributed by atoms with Crippen LogP contribution in [0, 0.1) is 0 Å². The Hall–Kier alpha value is -0.260. The van der Waals surface area contributed by atoms with E-state index in [4.69, 9.17) is 9.42 Å². The second-order valence-corrected chi connectivity index (χ2v) is 8.85. The molecule has 0 aliphatic carbocycles. The van der Waals surface area contributed by atoms with Crippen LogP contribution < -0.4 is 0 Å². The molecule has 0 aliphatic rings. The van der Waals surface area contributed by atoms with Crippen molar-refractivity contribution in [2.24, 2.45) is 0 Å². The minimum atomic E-state index is -3.36. The summed E-state index contributed by atoms with van der Waals surface area (Å²) in [5.74, 6) is 0.241. The molecule has 3 atom stereocenters. The van der Waals surface area contributed by atoms with Crippen molar-refractivity contribution >= 4 is 13.4 Å². The second kappa shape index (κ2) is 14.9. The second-order valence-electron chi connectivity index (χ2n) is 6.98. The largest absolute Gasteiger partial charge is 0.390 e. The third-order valence-electron chi connectivity index (χ3n) is 4.20. The standard InChI is InChI=1S/C18H37O6P/c1-16(19)12-8-4-3-5-9-13-17(20)18(21)14-10-6-7-11-15-24-25(2,22)23/h17-18,20-21H,3-15H2,1-2H3,(H,22,23). The van der Waals surface area contributed by atoms with Gasteiger partial charge in [0.05, 0.1) is 18.8 Å². The van der Waals surface area contributed by atoms with Crippen molar-refractivity contribution in [2.45, 2.75) is 96.2 Å². The molecule has 3 unspecified atom stereocenters. The predicted molar refractivity (Wildman–Crippen MR) is 99.8 cm³/mol. The summed E-state index contributed by atoms with van der Waals surface area (Å²) in [4.78, 5) is 19.8. The minimum Gasteiger partial charge on any atom is -0.390 e. The summed E-state index contributed by atoms with van der Waals surface area (Å²) in [6.45, 7) is 3.07. The summed E-state index contributed by atoms with van der Waals surface area (Å²) in [6.07, 6.45) is 8.81. The Morgan fingerprint density at radius 2 is 1.32 bits per heavy atom. The van der Waals surface area contributed by atoms with Crippen LogP contribution in [0.5, 0.6) is 0 Å². The van der Waals surface area contributed by atoms with E-state index in [1.165, 1.54) is 6.66 Å². The molecule has 0 spiro atoms. The molecule has 0 fully saturated rings. The lowest BCUT2D eigenvalue weighted by Crippen LogP contribution is -2.25. The molecule has 0 aromatic heterocycles. The first-order valence-corrected chi connectivity index (χ1v) is 11.5. The summed E-state index contributed by atoms with van der Waals surface area (Å²) >= 11 is 0. The quantitative estimate of drug-likeness (QED) is 0.262. The zero-order valence-electron chi connectivity index (χ0n) is 15.9. The van der Waals surface area contributed by atoms with Gasteiger partial charge in [-0.1, -0.05) is 44.9 Å². The number of carbonyl (C=O) groups excluding carboxylic acids is 1. The van der Waals surface area contributed by atoms with Gasteiger partial charge in [0.2, 0.25) is 0 Å². The molecule has 0 aliphatic heterocycles.